The van der Waals surface area contributed by atoms with E-state index in [0.29, 0.717) is 11.4 Å². The van der Waals surface area contributed by atoms with E-state index in [2.05, 4.69) is 20.7 Å². The fourth-order valence-electron chi connectivity index (χ4n) is 3.49. The van der Waals surface area contributed by atoms with Gasteiger partial charge >= 0.3 is 5.97 Å². The Balaban J connectivity index is 1.44. The quantitative estimate of drug-likeness (QED) is 0.776. The summed E-state index contributed by atoms with van der Waals surface area (Å²) in [5.41, 5.74) is 1.73. The van der Waals surface area contributed by atoms with Crippen LogP contribution in [0.4, 0.5) is 17.2 Å². The molecule has 146 valence electrons. The van der Waals surface area contributed by atoms with E-state index >= 15 is 0 Å². The van der Waals surface area contributed by atoms with Crippen molar-refractivity contribution in [1.29, 1.82) is 0 Å². The van der Waals surface area contributed by atoms with Crippen molar-refractivity contribution in [2.75, 3.05) is 22.1 Å². The van der Waals surface area contributed by atoms with Crippen LogP contribution in [0.25, 0.3) is 0 Å². The fourth-order valence-corrected chi connectivity index (χ4v) is 3.49. The molecule has 0 aliphatic carbocycles. The standard InChI is InChI=1S/C19H20N4O5/c1-10-8-16(22-28-10)21-17(24)11(2)27-19(26)12-5-6-14-13(9-12)20-18(25)15-4-3-7-23(14)15/h5-6,8-9,11,15H,3-4,7H2,1-2H3,(H,20,25)(H,21,22,24)/t11-,15-/m0/s1. The number of ether oxygens (including phenoxy) is 1. The summed E-state index contributed by atoms with van der Waals surface area (Å²) in [7, 11) is 0. The van der Waals surface area contributed by atoms with Gasteiger partial charge in [-0.1, -0.05) is 5.16 Å². The van der Waals surface area contributed by atoms with Gasteiger partial charge in [0.05, 0.1) is 16.9 Å². The number of hydrogen-bond donors (Lipinski definition) is 2. The molecule has 1 aromatic heterocycles. The average Bonchev–Trinajstić information content (AvgIpc) is 3.30. The number of carbonyl (C=O) groups is 3. The molecular formula is C19H20N4O5. The zero-order valence-electron chi connectivity index (χ0n) is 15.5. The molecule has 9 nitrogen and oxygen atoms in total. The van der Waals surface area contributed by atoms with Gasteiger partial charge in [0.1, 0.15) is 11.8 Å². The van der Waals surface area contributed by atoms with E-state index in [1.54, 1.807) is 31.2 Å². The van der Waals surface area contributed by atoms with E-state index in [0.717, 1.165) is 25.1 Å². The van der Waals surface area contributed by atoms with Crippen LogP contribution in [0.3, 0.4) is 0 Å². The van der Waals surface area contributed by atoms with Gasteiger partial charge in [-0.05, 0) is 44.9 Å². The number of anilines is 3. The maximum Gasteiger partial charge on any atom is 0.338 e. The Morgan fingerprint density at radius 2 is 2.21 bits per heavy atom. The van der Waals surface area contributed by atoms with Gasteiger partial charge in [0, 0.05) is 12.6 Å². The first-order valence-corrected chi connectivity index (χ1v) is 9.09. The Kier molecular flexibility index (Phi) is 4.50. The lowest BCUT2D eigenvalue weighted by Crippen LogP contribution is -2.43. The lowest BCUT2D eigenvalue weighted by molar-refractivity contribution is -0.123. The van der Waals surface area contributed by atoms with Crippen LogP contribution in [-0.2, 0) is 14.3 Å². The molecule has 3 heterocycles. The zero-order chi connectivity index (χ0) is 19.8. The third kappa shape index (κ3) is 3.30. The second-order valence-corrected chi connectivity index (χ2v) is 6.93. The largest absolute Gasteiger partial charge is 0.449 e. The molecule has 0 bridgehead atoms. The summed E-state index contributed by atoms with van der Waals surface area (Å²) >= 11 is 0. The van der Waals surface area contributed by atoms with Gasteiger partial charge in [-0.3, -0.25) is 9.59 Å². The number of hydrogen-bond acceptors (Lipinski definition) is 7. The zero-order valence-corrected chi connectivity index (χ0v) is 15.5. The number of aryl methyl sites for hydroxylation is 1. The van der Waals surface area contributed by atoms with Gasteiger partial charge in [0.2, 0.25) is 5.91 Å². The second-order valence-electron chi connectivity index (χ2n) is 6.93. The molecule has 0 spiro atoms. The fraction of sp³-hybridized carbons (Fsp3) is 0.368. The smallest absolute Gasteiger partial charge is 0.338 e. The number of nitrogens with zero attached hydrogens (tertiary/aromatic N) is 2. The number of benzene rings is 1. The lowest BCUT2D eigenvalue weighted by Gasteiger charge is -2.33. The number of nitrogens with one attached hydrogen (secondary N) is 2. The Hall–Kier alpha value is -3.36. The summed E-state index contributed by atoms with van der Waals surface area (Å²) in [5, 5.41) is 9.03. The van der Waals surface area contributed by atoms with E-state index in [1.165, 1.54) is 6.92 Å². The first kappa shape index (κ1) is 18.0. The molecule has 1 aromatic carbocycles. The van der Waals surface area contributed by atoms with Crippen molar-refractivity contribution in [2.24, 2.45) is 0 Å². The van der Waals surface area contributed by atoms with Crippen LogP contribution in [0, 0.1) is 6.92 Å². The van der Waals surface area contributed by atoms with Crippen molar-refractivity contribution in [3.05, 3.63) is 35.6 Å². The maximum absolute atomic E-state index is 12.4. The molecule has 0 saturated carbocycles. The van der Waals surface area contributed by atoms with Crippen LogP contribution in [0.2, 0.25) is 0 Å². The van der Waals surface area contributed by atoms with Crippen LogP contribution < -0.4 is 15.5 Å². The first-order valence-electron chi connectivity index (χ1n) is 9.09. The molecule has 0 unspecified atom stereocenters. The Bertz CT molecular complexity index is 954. The molecule has 2 aliphatic heterocycles. The minimum atomic E-state index is -1.03. The molecule has 1 saturated heterocycles. The number of rotatable bonds is 4. The highest BCUT2D eigenvalue weighted by molar-refractivity contribution is 6.05. The highest BCUT2D eigenvalue weighted by atomic mass is 16.5. The number of fused-ring (bicyclic) bond motifs is 3. The van der Waals surface area contributed by atoms with Crippen LogP contribution in [0.15, 0.2) is 28.8 Å². The summed E-state index contributed by atoms with van der Waals surface area (Å²) in [6, 6.07) is 6.43. The van der Waals surface area contributed by atoms with E-state index in [9.17, 15) is 14.4 Å². The molecule has 2 atom stereocenters. The molecule has 0 radical (unpaired) electrons. The summed E-state index contributed by atoms with van der Waals surface area (Å²) in [5.74, 6) is -0.433. The van der Waals surface area contributed by atoms with Gasteiger partial charge in [-0.15, -0.1) is 0 Å². The van der Waals surface area contributed by atoms with Crippen molar-refractivity contribution in [2.45, 2.75) is 38.8 Å². The third-order valence-corrected chi connectivity index (χ3v) is 4.89. The third-order valence-electron chi connectivity index (χ3n) is 4.89. The summed E-state index contributed by atoms with van der Waals surface area (Å²) in [6.07, 6.45) is 0.754. The van der Waals surface area contributed by atoms with Crippen LogP contribution in [0.1, 0.15) is 35.9 Å². The average molecular weight is 384 g/mol. The molecule has 9 heteroatoms. The molecule has 2 amide bonds. The number of esters is 1. The minimum Gasteiger partial charge on any atom is -0.449 e. The summed E-state index contributed by atoms with van der Waals surface area (Å²) < 4.78 is 10.1. The molecule has 2 N–H and O–H groups in total. The van der Waals surface area contributed by atoms with Crippen molar-refractivity contribution < 1.29 is 23.6 Å². The normalized spacial score (nSPS) is 18.7. The van der Waals surface area contributed by atoms with Crippen LogP contribution in [-0.4, -0.2) is 41.6 Å². The Morgan fingerprint density at radius 3 is 2.96 bits per heavy atom. The van der Waals surface area contributed by atoms with E-state index in [1.807, 2.05) is 0 Å². The maximum atomic E-state index is 12.4. The van der Waals surface area contributed by atoms with Crippen molar-refractivity contribution in [1.82, 2.24) is 5.16 Å². The first-order chi connectivity index (χ1) is 13.4. The molecule has 1 fully saturated rings. The highest BCUT2D eigenvalue weighted by Gasteiger charge is 2.36. The highest BCUT2D eigenvalue weighted by Crippen LogP contribution is 2.37. The monoisotopic (exact) mass is 384 g/mol. The van der Waals surface area contributed by atoms with Gasteiger partial charge in [-0.25, -0.2) is 4.79 Å². The number of carbonyl (C=O) groups excluding carboxylic acids is 3. The summed E-state index contributed by atoms with van der Waals surface area (Å²) in [4.78, 5) is 38.9. The summed E-state index contributed by atoms with van der Waals surface area (Å²) in [6.45, 7) is 3.98. The molecule has 28 heavy (non-hydrogen) atoms. The van der Waals surface area contributed by atoms with Crippen molar-refractivity contribution >= 4 is 35.0 Å². The van der Waals surface area contributed by atoms with Crippen LogP contribution >= 0.6 is 0 Å². The SMILES string of the molecule is Cc1cc(NC(=O)[C@H](C)OC(=O)c2ccc3c(c2)NC(=O)[C@@H]2CCCN32)no1. The number of aromatic nitrogens is 1. The molecule has 2 aromatic rings. The van der Waals surface area contributed by atoms with Crippen molar-refractivity contribution in [3.63, 3.8) is 0 Å². The molecule has 2 aliphatic rings. The number of amides is 2. The van der Waals surface area contributed by atoms with Gasteiger partial charge in [0.25, 0.3) is 5.91 Å². The predicted molar refractivity (Wildman–Crippen MR) is 100 cm³/mol. The molecule has 4 rings (SSSR count). The minimum absolute atomic E-state index is 0.0637. The van der Waals surface area contributed by atoms with E-state index in [-0.39, 0.29) is 23.3 Å². The van der Waals surface area contributed by atoms with Crippen LogP contribution in [0.5, 0.6) is 0 Å². The van der Waals surface area contributed by atoms with Gasteiger partial charge in [0.15, 0.2) is 11.9 Å². The van der Waals surface area contributed by atoms with Gasteiger partial charge < -0.3 is 24.8 Å². The lowest BCUT2D eigenvalue weighted by atomic mass is 10.1. The predicted octanol–water partition coefficient (Wildman–Crippen LogP) is 2.09. The second kappa shape index (κ2) is 6.99. The topological polar surface area (TPSA) is 114 Å². The Morgan fingerprint density at radius 1 is 1.39 bits per heavy atom. The Labute approximate surface area is 161 Å². The van der Waals surface area contributed by atoms with Crippen molar-refractivity contribution in [3.8, 4) is 0 Å². The van der Waals surface area contributed by atoms with E-state index < -0.39 is 18.0 Å². The van der Waals surface area contributed by atoms with E-state index in [4.69, 9.17) is 9.26 Å². The molecular weight excluding hydrogens is 364 g/mol. The van der Waals surface area contributed by atoms with Gasteiger partial charge in [-0.2, -0.15) is 0 Å².